The van der Waals surface area contributed by atoms with Crippen LogP contribution in [0.2, 0.25) is 0 Å². The Balaban J connectivity index is 2.93. The van der Waals surface area contributed by atoms with E-state index in [0.29, 0.717) is 0 Å². The molecule has 2 rings (SSSR count). The second-order valence-corrected chi connectivity index (χ2v) is 6.83. The molecule has 2 nitrogen and oxygen atoms in total. The van der Waals surface area contributed by atoms with Crippen molar-refractivity contribution in [1.29, 1.82) is 0 Å². The van der Waals surface area contributed by atoms with E-state index < -0.39 is 0 Å². The number of aromatic nitrogens is 2. The van der Waals surface area contributed by atoms with E-state index in [1.165, 1.54) is 12.7 Å². The summed E-state index contributed by atoms with van der Waals surface area (Å²) >= 11 is 5.44. The van der Waals surface area contributed by atoms with Crippen molar-refractivity contribution in [3.63, 3.8) is 0 Å². The van der Waals surface area contributed by atoms with Crippen LogP contribution in [-0.4, -0.2) is 35.7 Å². The Hall–Kier alpha value is 1.07. The van der Waals surface area contributed by atoms with Crippen molar-refractivity contribution in [2.75, 3.05) is 0 Å². The first-order valence-corrected chi connectivity index (χ1v) is 7.68. The fourth-order valence-corrected chi connectivity index (χ4v) is 3.25. The molecule has 0 radical (unpaired) electrons. The van der Waals surface area contributed by atoms with E-state index in [4.69, 9.17) is 0 Å². The van der Waals surface area contributed by atoms with Crippen LogP contribution in [0.3, 0.4) is 0 Å². The number of H-pyrrole nitrogens is 1. The molecule has 12 heavy (non-hydrogen) atoms. The number of hydrogen-bond acceptors (Lipinski definition) is 1. The average molecular weight is 573 g/mol. The summed E-state index contributed by atoms with van der Waals surface area (Å²) in [7, 11) is 0. The third-order valence-electron chi connectivity index (χ3n) is 1.56. The molecule has 58 valence electrons. The summed E-state index contributed by atoms with van der Waals surface area (Å²) < 4.78 is 3.63. The molecule has 5 heteroatoms. The molecule has 0 unspecified atom stereocenters. The summed E-state index contributed by atoms with van der Waals surface area (Å²) in [4.78, 5) is 7.80. The third-order valence-corrected chi connectivity index (χ3v) is 4.40. The number of fused-ring (bicyclic) bond motifs is 1. The van der Waals surface area contributed by atoms with Crippen molar-refractivity contribution in [3.8, 4) is 0 Å². The van der Waals surface area contributed by atoms with Gasteiger partial charge in [0.1, 0.15) is 0 Å². The monoisotopic (exact) mass is 574 g/mol. The Bertz CT molecular complexity index is 399. The molecule has 1 heterocycles. The van der Waals surface area contributed by atoms with E-state index in [0.717, 1.165) is 34.7 Å². The first kappa shape index (κ1) is 9.62. The van der Waals surface area contributed by atoms with E-state index in [1.54, 1.807) is 0 Å². The fraction of sp³-hybridized carbons (Fsp3) is 0. The van der Waals surface area contributed by atoms with Crippen molar-refractivity contribution < 1.29 is 0 Å². The molecule has 0 fully saturated rings. The Morgan fingerprint density at radius 2 is 1.92 bits per heavy atom. The first-order valence-electron chi connectivity index (χ1n) is 3.27. The molecule has 1 aromatic carbocycles. The molecule has 0 aliphatic rings. The number of nitrogens with one attached hydrogen (secondary N) is 1. The predicted octanol–water partition coefficient (Wildman–Crippen LogP) is 1.57. The van der Waals surface area contributed by atoms with Crippen molar-refractivity contribution in [2.45, 2.75) is 0 Å². The number of rotatable bonds is 0. The summed E-state index contributed by atoms with van der Waals surface area (Å²) in [5.41, 5.74) is 2.32. The maximum absolute atomic E-state index is 4.48. The van der Waals surface area contributed by atoms with Gasteiger partial charge in [-0.3, -0.25) is 0 Å². The van der Waals surface area contributed by atoms with E-state index in [9.17, 15) is 0 Å². The van der Waals surface area contributed by atoms with Crippen LogP contribution in [0.4, 0.5) is 0 Å². The quantitative estimate of drug-likeness (QED) is 0.377. The Morgan fingerprint density at radius 1 is 1.25 bits per heavy atom. The molecule has 0 atom stereocenters. The molecule has 0 aliphatic carbocycles. The van der Waals surface area contributed by atoms with E-state index in [1.807, 2.05) is 0 Å². The molecule has 2 aromatic rings. The normalized spacial score (nSPS) is 10.8. The van der Waals surface area contributed by atoms with E-state index in [-0.39, 0.29) is 0 Å². The zero-order valence-electron chi connectivity index (χ0n) is 5.94. The number of hydrogen-bond donors (Lipinski definition) is 1. The van der Waals surface area contributed by atoms with Crippen LogP contribution < -0.4 is 3.38 Å². The van der Waals surface area contributed by atoms with Crippen LogP contribution in [0.5, 0.6) is 0 Å². The minimum atomic E-state index is 0.786. The summed E-state index contributed by atoms with van der Waals surface area (Å²) in [6.45, 7) is 0. The van der Waals surface area contributed by atoms with Gasteiger partial charge < -0.3 is 0 Å². The van der Waals surface area contributed by atoms with E-state index in [2.05, 4.69) is 67.3 Å². The van der Waals surface area contributed by atoms with Gasteiger partial charge in [-0.1, -0.05) is 0 Å². The van der Waals surface area contributed by atoms with Gasteiger partial charge in [0, 0.05) is 0 Å². The number of imidazole rings is 1. The summed E-state index contributed by atoms with van der Waals surface area (Å²) in [5, 5.41) is 0. The molecule has 0 bridgehead atoms. The standard InChI is InChI=1S/C7H3I2N2.Tl/c8-4-1-2-5(9)7-6(4)10-3-11-7;/h1-2H,(H,10,11);. The van der Waals surface area contributed by atoms with Gasteiger partial charge in [0.05, 0.1) is 0 Å². The van der Waals surface area contributed by atoms with Gasteiger partial charge in [0.2, 0.25) is 0 Å². The van der Waals surface area contributed by atoms with Crippen molar-refractivity contribution in [2.24, 2.45) is 0 Å². The average Bonchev–Trinajstić information content (AvgIpc) is 2.41. The van der Waals surface area contributed by atoms with Crippen LogP contribution in [-0.2, 0) is 0 Å². The van der Waals surface area contributed by atoms with Crippen molar-refractivity contribution >= 4 is 85.4 Å². The second-order valence-electron chi connectivity index (χ2n) is 2.37. The van der Waals surface area contributed by atoms with Gasteiger partial charge in [0.25, 0.3) is 0 Å². The molecule has 0 aliphatic heterocycles. The number of halogens is 2. The first-order chi connectivity index (χ1) is 5.68. The molecular weight excluding hydrogens is 570 g/mol. The van der Waals surface area contributed by atoms with Gasteiger partial charge in [-0.15, -0.1) is 0 Å². The number of nitrogens with zero attached hydrogens (tertiary/aromatic N) is 1. The van der Waals surface area contributed by atoms with Gasteiger partial charge in [-0.25, -0.2) is 0 Å². The van der Waals surface area contributed by atoms with Crippen molar-refractivity contribution in [1.82, 2.24) is 9.97 Å². The SMILES string of the molecule is Ic1ccc(I)c2[nH][c]([Tl])nc12. The van der Waals surface area contributed by atoms with Crippen molar-refractivity contribution in [3.05, 3.63) is 19.3 Å². The Labute approximate surface area is 113 Å². The molecule has 1 N–H and O–H groups in total. The zero-order valence-corrected chi connectivity index (χ0v) is 14.7. The van der Waals surface area contributed by atoms with Gasteiger partial charge >= 0.3 is 115 Å². The summed E-state index contributed by atoms with van der Waals surface area (Å²) in [6.07, 6.45) is 0. The predicted molar refractivity (Wildman–Crippen MR) is 66.9 cm³/mol. The fourth-order valence-electron chi connectivity index (χ4n) is 1.05. The summed E-state index contributed by atoms with van der Waals surface area (Å²) in [5.74, 6) is 0. The summed E-state index contributed by atoms with van der Waals surface area (Å²) in [6, 6.07) is 4.22. The van der Waals surface area contributed by atoms with E-state index >= 15 is 0 Å². The topological polar surface area (TPSA) is 28.7 Å². The van der Waals surface area contributed by atoms with Gasteiger partial charge in [-0.05, 0) is 0 Å². The van der Waals surface area contributed by atoms with Crippen LogP contribution in [0.25, 0.3) is 11.0 Å². The molecule has 0 saturated heterocycles. The number of benzene rings is 1. The Morgan fingerprint density at radius 3 is 2.58 bits per heavy atom. The number of aromatic amines is 1. The minimum absolute atomic E-state index is 0.786. The van der Waals surface area contributed by atoms with Crippen LogP contribution in [0, 0.1) is 7.14 Å². The third kappa shape index (κ3) is 1.65. The maximum atomic E-state index is 4.48. The molecule has 0 amide bonds. The zero-order chi connectivity index (χ0) is 8.72. The van der Waals surface area contributed by atoms with Crippen LogP contribution in [0.15, 0.2) is 12.1 Å². The molecule has 0 saturated carbocycles. The van der Waals surface area contributed by atoms with Gasteiger partial charge in [0.15, 0.2) is 0 Å². The molecular formula is C7H3I2N2Tl. The molecule has 1 aromatic heterocycles. The Kier molecular flexibility index (Phi) is 2.94. The molecule has 0 spiro atoms. The van der Waals surface area contributed by atoms with Crippen LogP contribution in [0.1, 0.15) is 0 Å². The van der Waals surface area contributed by atoms with Crippen LogP contribution >= 0.6 is 45.2 Å². The second kappa shape index (κ2) is 3.67. The van der Waals surface area contributed by atoms with Gasteiger partial charge in [-0.2, -0.15) is 0 Å².